The molecule has 1 heterocycles. The molecule has 98 valence electrons. The first-order valence-electron chi connectivity index (χ1n) is 6.51. The zero-order valence-electron chi connectivity index (χ0n) is 10.7. The Hall–Kier alpha value is -0.280. The number of carbonyl (C=O) groups is 1. The van der Waals surface area contributed by atoms with Crippen LogP contribution in [0.3, 0.4) is 0 Å². The fourth-order valence-electron chi connectivity index (χ4n) is 3.52. The van der Waals surface area contributed by atoms with Gasteiger partial charge in [0, 0.05) is 25.6 Å². The summed E-state index contributed by atoms with van der Waals surface area (Å²) in [4.78, 5) is 13.9. The lowest BCUT2D eigenvalue weighted by Gasteiger charge is -2.37. The van der Waals surface area contributed by atoms with Gasteiger partial charge in [0.05, 0.1) is 6.61 Å². The van der Waals surface area contributed by atoms with Crippen LogP contribution in [-0.4, -0.2) is 43.0 Å². The highest BCUT2D eigenvalue weighted by Gasteiger charge is 2.49. The summed E-state index contributed by atoms with van der Waals surface area (Å²) in [5.74, 6) is 0.687. The number of amides is 1. The second-order valence-electron chi connectivity index (χ2n) is 5.57. The number of carbonyl (C=O) groups excluding carboxylic acids is 1. The van der Waals surface area contributed by atoms with Crippen LogP contribution in [-0.2, 0) is 9.53 Å². The second-order valence-corrected chi connectivity index (χ2v) is 6.23. The van der Waals surface area contributed by atoms with E-state index in [4.69, 9.17) is 16.3 Å². The number of hydrogen-bond donors (Lipinski definition) is 0. The Balaban J connectivity index is 2.10. The number of fused-ring (bicyclic) bond motifs is 1. The van der Waals surface area contributed by atoms with Crippen LogP contribution in [0.2, 0.25) is 0 Å². The average molecular weight is 260 g/mol. The van der Waals surface area contributed by atoms with Crippen molar-refractivity contribution in [1.82, 2.24) is 4.90 Å². The molecule has 2 rings (SSSR count). The fraction of sp³-hybridized carbons (Fsp3) is 0.923. The van der Waals surface area contributed by atoms with Gasteiger partial charge in [0.25, 0.3) is 0 Å². The molecule has 3 nitrogen and oxygen atoms in total. The highest BCUT2D eigenvalue weighted by molar-refractivity contribution is 6.30. The molecule has 2 aliphatic rings. The number of alkyl halides is 1. The predicted molar refractivity (Wildman–Crippen MR) is 68.2 cm³/mol. The first kappa shape index (κ1) is 13.2. The van der Waals surface area contributed by atoms with Crippen molar-refractivity contribution in [1.29, 1.82) is 0 Å². The molecule has 0 bridgehead atoms. The van der Waals surface area contributed by atoms with Crippen molar-refractivity contribution in [3.05, 3.63) is 0 Å². The lowest BCUT2D eigenvalue weighted by molar-refractivity contribution is -0.130. The number of rotatable bonds is 3. The fourth-order valence-corrected chi connectivity index (χ4v) is 3.66. The minimum absolute atomic E-state index is 0.0801. The second kappa shape index (κ2) is 5.15. The normalized spacial score (nSPS) is 34.5. The maximum absolute atomic E-state index is 12.0. The lowest BCUT2D eigenvalue weighted by atomic mass is 9.69. The molecule has 0 spiro atoms. The van der Waals surface area contributed by atoms with Crippen molar-refractivity contribution < 1.29 is 9.53 Å². The molecule has 0 radical (unpaired) electrons. The van der Waals surface area contributed by atoms with Crippen molar-refractivity contribution in [2.24, 2.45) is 11.3 Å². The molecule has 4 heteroatoms. The van der Waals surface area contributed by atoms with E-state index in [-0.39, 0.29) is 11.3 Å². The molecule has 0 aromatic carbocycles. The first-order valence-corrected chi connectivity index (χ1v) is 6.94. The van der Waals surface area contributed by atoms with Crippen LogP contribution >= 0.6 is 11.6 Å². The van der Waals surface area contributed by atoms with E-state index in [9.17, 15) is 4.79 Å². The minimum atomic E-state index is -0.408. The summed E-state index contributed by atoms with van der Waals surface area (Å²) in [7, 11) is 1.76. The van der Waals surface area contributed by atoms with Crippen LogP contribution in [0.1, 0.15) is 32.6 Å². The van der Waals surface area contributed by atoms with Gasteiger partial charge in [0.2, 0.25) is 5.91 Å². The third-order valence-corrected chi connectivity index (χ3v) is 4.56. The van der Waals surface area contributed by atoms with Crippen molar-refractivity contribution in [3.8, 4) is 0 Å². The largest absolute Gasteiger partial charge is 0.384 e. The maximum Gasteiger partial charge on any atom is 0.240 e. The van der Waals surface area contributed by atoms with E-state index >= 15 is 0 Å². The third kappa shape index (κ3) is 2.45. The molecular weight excluding hydrogens is 238 g/mol. The van der Waals surface area contributed by atoms with Crippen molar-refractivity contribution in [3.63, 3.8) is 0 Å². The molecule has 0 aromatic rings. The Bertz CT molecular complexity index is 291. The van der Waals surface area contributed by atoms with Gasteiger partial charge in [-0.05, 0) is 25.7 Å². The summed E-state index contributed by atoms with van der Waals surface area (Å²) < 4.78 is 5.40. The van der Waals surface area contributed by atoms with Gasteiger partial charge >= 0.3 is 0 Å². The summed E-state index contributed by atoms with van der Waals surface area (Å²) >= 11 is 5.91. The molecule has 1 aliphatic heterocycles. The maximum atomic E-state index is 12.0. The predicted octanol–water partition coefficient (Wildman–Crippen LogP) is 2.28. The Labute approximate surface area is 108 Å². The Morgan fingerprint density at radius 1 is 1.59 bits per heavy atom. The molecule has 1 saturated heterocycles. The van der Waals surface area contributed by atoms with E-state index in [1.807, 2.05) is 4.90 Å². The van der Waals surface area contributed by atoms with Crippen LogP contribution in [0.4, 0.5) is 0 Å². The number of nitrogens with zero attached hydrogens (tertiary/aromatic N) is 1. The summed E-state index contributed by atoms with van der Waals surface area (Å²) in [5, 5.41) is -0.408. The van der Waals surface area contributed by atoms with Gasteiger partial charge in [0.1, 0.15) is 5.38 Å². The Kier molecular flexibility index (Phi) is 3.99. The lowest BCUT2D eigenvalue weighted by Crippen LogP contribution is -2.39. The number of methoxy groups -OCH3 is 1. The van der Waals surface area contributed by atoms with E-state index in [1.54, 1.807) is 14.0 Å². The molecular formula is C13H22ClNO2. The van der Waals surface area contributed by atoms with E-state index in [0.717, 1.165) is 19.7 Å². The van der Waals surface area contributed by atoms with Gasteiger partial charge < -0.3 is 9.64 Å². The number of ether oxygens (including phenoxy) is 1. The zero-order valence-corrected chi connectivity index (χ0v) is 11.5. The van der Waals surface area contributed by atoms with E-state index in [2.05, 4.69) is 0 Å². The number of likely N-dealkylation sites (tertiary alicyclic amines) is 1. The van der Waals surface area contributed by atoms with E-state index < -0.39 is 5.38 Å². The Morgan fingerprint density at radius 2 is 2.35 bits per heavy atom. The zero-order chi connectivity index (χ0) is 12.5. The van der Waals surface area contributed by atoms with Crippen LogP contribution in [0, 0.1) is 11.3 Å². The molecule has 0 unspecified atom stereocenters. The molecule has 0 aromatic heterocycles. The summed E-state index contributed by atoms with van der Waals surface area (Å²) in [6, 6.07) is 0. The van der Waals surface area contributed by atoms with Gasteiger partial charge in [-0.1, -0.05) is 12.8 Å². The molecule has 3 atom stereocenters. The SMILES string of the molecule is COC[C@]12CCCC[C@H]1CN(C(=O)[C@@H](C)Cl)C2. The van der Waals surface area contributed by atoms with Gasteiger partial charge in [-0.15, -0.1) is 11.6 Å². The van der Waals surface area contributed by atoms with Gasteiger partial charge in [-0.25, -0.2) is 0 Å². The summed E-state index contributed by atoms with van der Waals surface area (Å²) in [5.41, 5.74) is 0.203. The third-order valence-electron chi connectivity index (χ3n) is 4.37. The topological polar surface area (TPSA) is 29.5 Å². The highest BCUT2D eigenvalue weighted by atomic mass is 35.5. The molecule has 0 N–H and O–H groups in total. The van der Waals surface area contributed by atoms with Gasteiger partial charge in [0.15, 0.2) is 0 Å². The van der Waals surface area contributed by atoms with Crippen LogP contribution in [0.15, 0.2) is 0 Å². The number of halogens is 1. The van der Waals surface area contributed by atoms with E-state index in [0.29, 0.717) is 5.92 Å². The van der Waals surface area contributed by atoms with Crippen molar-refractivity contribution in [2.75, 3.05) is 26.8 Å². The monoisotopic (exact) mass is 259 g/mol. The molecule has 1 saturated carbocycles. The van der Waals surface area contributed by atoms with E-state index in [1.165, 1.54) is 25.7 Å². The average Bonchev–Trinajstić information content (AvgIpc) is 2.67. The van der Waals surface area contributed by atoms with Gasteiger partial charge in [-0.3, -0.25) is 4.79 Å². The molecule has 1 aliphatic carbocycles. The smallest absolute Gasteiger partial charge is 0.240 e. The summed E-state index contributed by atoms with van der Waals surface area (Å²) in [6.45, 7) is 4.24. The minimum Gasteiger partial charge on any atom is -0.384 e. The number of hydrogen-bond acceptors (Lipinski definition) is 2. The summed E-state index contributed by atoms with van der Waals surface area (Å²) in [6.07, 6.45) is 4.96. The molecule has 1 amide bonds. The van der Waals surface area contributed by atoms with Crippen molar-refractivity contribution >= 4 is 17.5 Å². The van der Waals surface area contributed by atoms with Crippen LogP contribution in [0.5, 0.6) is 0 Å². The highest BCUT2D eigenvalue weighted by Crippen LogP contribution is 2.47. The standard InChI is InChI=1S/C13H22ClNO2/c1-10(14)12(16)15-7-11-5-3-4-6-13(11,8-15)9-17-2/h10-11H,3-9H2,1-2H3/t10-,11+,13-/m1/s1. The van der Waals surface area contributed by atoms with Crippen molar-refractivity contribution in [2.45, 2.75) is 38.0 Å². The quantitative estimate of drug-likeness (QED) is 0.728. The van der Waals surface area contributed by atoms with Gasteiger partial charge in [-0.2, -0.15) is 0 Å². The van der Waals surface area contributed by atoms with Crippen LogP contribution in [0.25, 0.3) is 0 Å². The first-order chi connectivity index (χ1) is 8.09. The van der Waals surface area contributed by atoms with Crippen LogP contribution < -0.4 is 0 Å². The molecule has 2 fully saturated rings. The Morgan fingerprint density at radius 3 is 3.00 bits per heavy atom. The molecule has 17 heavy (non-hydrogen) atoms.